The summed E-state index contributed by atoms with van der Waals surface area (Å²) in [7, 11) is 0. The lowest BCUT2D eigenvalue weighted by atomic mass is 9.34. The average Bonchev–Trinajstić information content (AvgIpc) is 3.70. The molecule has 0 unspecified atom stereocenters. The number of nitrogens with two attached hydrogens (primary N) is 1. The minimum atomic E-state index is -0.633. The van der Waals surface area contributed by atoms with Crippen LogP contribution in [0.5, 0.6) is 0 Å². The first-order valence-electron chi connectivity index (χ1n) is 20.7. The van der Waals surface area contributed by atoms with Crippen molar-refractivity contribution in [1.82, 2.24) is 20.1 Å². The molecular formula is C43H70N6O4. The van der Waals surface area contributed by atoms with E-state index in [2.05, 4.69) is 99.2 Å². The van der Waals surface area contributed by atoms with E-state index in [1.165, 1.54) is 5.57 Å². The van der Waals surface area contributed by atoms with Gasteiger partial charge in [-0.25, -0.2) is 9.67 Å². The average molecular weight is 735 g/mol. The fourth-order valence-corrected chi connectivity index (χ4v) is 13.0. The van der Waals surface area contributed by atoms with Gasteiger partial charge in [0.1, 0.15) is 6.33 Å². The fraction of sp³-hybridized carbons (Fsp3) is 0.860. The molecule has 53 heavy (non-hydrogen) atoms. The molecule has 10 heteroatoms. The van der Waals surface area contributed by atoms with E-state index in [9.17, 15) is 9.90 Å². The molecule has 1 saturated heterocycles. The number of hydrogen-bond donors (Lipinski definition) is 3. The SMILES string of the molecule is CC(C)[C@@H](C)[C@@]1(C)CC[C@]2(C)[C@H]3CC[C@@H]4[C@@]5(C)COC[C@@]4(C3=CC[C@@]2(C)[C@@H]1C(=O)O)[C@@H](OC[C@](C)(N)C(C)C)[C@H](n1ncnc1C1=NCC(C)(C)N1)C5. The molecule has 1 aromatic heterocycles. The molecule has 4 fully saturated rings. The monoisotopic (exact) mass is 735 g/mol. The lowest BCUT2D eigenvalue weighted by molar-refractivity contribution is -0.254. The number of rotatable bonds is 9. The number of aliphatic imine (C=N–C) groups is 1. The molecule has 0 amide bonds. The van der Waals surface area contributed by atoms with Gasteiger partial charge < -0.3 is 25.6 Å². The van der Waals surface area contributed by atoms with Gasteiger partial charge in [0, 0.05) is 11.0 Å². The summed E-state index contributed by atoms with van der Waals surface area (Å²) in [4.78, 5) is 23.4. The van der Waals surface area contributed by atoms with E-state index >= 15 is 0 Å². The maximum atomic E-state index is 13.6. The van der Waals surface area contributed by atoms with E-state index in [1.807, 2.05) is 0 Å². The van der Waals surface area contributed by atoms with Gasteiger partial charge >= 0.3 is 5.97 Å². The van der Waals surface area contributed by atoms with Gasteiger partial charge in [0.05, 0.1) is 50.0 Å². The number of fused-ring (bicyclic) bond motifs is 3. The summed E-state index contributed by atoms with van der Waals surface area (Å²) in [5, 5.41) is 19.8. The maximum absolute atomic E-state index is 13.6. The second-order valence-corrected chi connectivity index (χ2v) is 21.2. The number of hydrogen-bond acceptors (Lipinski definition) is 8. The van der Waals surface area contributed by atoms with Gasteiger partial charge in [0.2, 0.25) is 0 Å². The molecule has 0 spiro atoms. The van der Waals surface area contributed by atoms with E-state index in [-0.39, 0.29) is 45.8 Å². The van der Waals surface area contributed by atoms with Crippen molar-refractivity contribution < 1.29 is 19.4 Å². The van der Waals surface area contributed by atoms with Crippen molar-refractivity contribution in [2.75, 3.05) is 26.4 Å². The molecule has 3 heterocycles. The summed E-state index contributed by atoms with van der Waals surface area (Å²) in [6.07, 6.45) is 9.54. The van der Waals surface area contributed by atoms with Crippen LogP contribution in [0, 0.1) is 62.6 Å². The third kappa shape index (κ3) is 5.55. The molecule has 7 rings (SSSR count). The number of allylic oxidation sites excluding steroid dienone is 1. The molecule has 2 bridgehead atoms. The third-order valence-corrected chi connectivity index (χ3v) is 17.1. The highest BCUT2D eigenvalue weighted by molar-refractivity contribution is 5.97. The van der Waals surface area contributed by atoms with Crippen molar-refractivity contribution >= 4 is 11.8 Å². The second kappa shape index (κ2) is 12.6. The maximum Gasteiger partial charge on any atom is 0.307 e. The first kappa shape index (κ1) is 39.0. The number of ether oxygens (including phenoxy) is 2. The summed E-state index contributed by atoms with van der Waals surface area (Å²) in [6.45, 7) is 29.4. The standard InChI is InChI=1S/C43H70N6O4/c1-25(2)27(5)39(9)17-18-40(10)28-13-14-31-38(8)19-30(49-35(46-24-47-49)34-45-20-37(6,7)48-34)33(53-22-42(12,44)26(3)4)43(31,23-52-21-38)29(28)15-16-41(40,11)32(39)36(50)51/h15,24-28,30-33H,13-14,16-23,44H2,1-12H3,(H,45,48)(H,50,51)/t27-,28+,30-,31-,32-,33+,38-,39-,40-,41+,42+,43+/m1/s1. The van der Waals surface area contributed by atoms with Crippen molar-refractivity contribution in [2.45, 2.75) is 145 Å². The number of nitrogens with one attached hydrogen (secondary N) is 1. The molecule has 296 valence electrons. The van der Waals surface area contributed by atoms with E-state index in [0.717, 1.165) is 50.2 Å². The highest BCUT2D eigenvalue weighted by atomic mass is 16.5. The lowest BCUT2D eigenvalue weighted by Crippen LogP contribution is -2.70. The molecule has 4 aliphatic carbocycles. The molecule has 4 N–H and O–H groups in total. The van der Waals surface area contributed by atoms with Gasteiger partial charge in [0.15, 0.2) is 11.7 Å². The summed E-state index contributed by atoms with van der Waals surface area (Å²) >= 11 is 0. The normalized spacial score (nSPS) is 43.5. The molecule has 1 aromatic rings. The van der Waals surface area contributed by atoms with Crippen LogP contribution in [0.1, 0.15) is 133 Å². The van der Waals surface area contributed by atoms with Crippen LogP contribution < -0.4 is 11.1 Å². The largest absolute Gasteiger partial charge is 0.481 e. The Bertz CT molecular complexity index is 1660. The zero-order chi connectivity index (χ0) is 38.7. The topological polar surface area (TPSA) is 137 Å². The number of carboxylic acid groups (broad SMARTS) is 1. The van der Waals surface area contributed by atoms with Crippen LogP contribution in [0.3, 0.4) is 0 Å². The first-order chi connectivity index (χ1) is 24.6. The number of aromatic nitrogens is 3. The number of amidine groups is 1. The van der Waals surface area contributed by atoms with Gasteiger partial charge in [0.25, 0.3) is 0 Å². The zero-order valence-electron chi connectivity index (χ0n) is 34.9. The molecular weight excluding hydrogens is 665 g/mol. The Morgan fingerprint density at radius 2 is 1.81 bits per heavy atom. The van der Waals surface area contributed by atoms with Crippen molar-refractivity contribution in [1.29, 1.82) is 0 Å². The van der Waals surface area contributed by atoms with Crippen LogP contribution in [0.15, 0.2) is 23.0 Å². The molecule has 3 saturated carbocycles. The minimum absolute atomic E-state index is 0.116. The van der Waals surface area contributed by atoms with Crippen LogP contribution in [-0.4, -0.2) is 75.2 Å². The fourth-order valence-electron chi connectivity index (χ4n) is 13.0. The second-order valence-electron chi connectivity index (χ2n) is 21.2. The van der Waals surface area contributed by atoms with Gasteiger partial charge in [-0.1, -0.05) is 74.0 Å². The number of nitrogens with zero attached hydrogens (tertiary/aromatic N) is 4. The summed E-state index contributed by atoms with van der Waals surface area (Å²) in [6, 6.07) is -0.122. The zero-order valence-corrected chi connectivity index (χ0v) is 34.9. The smallest absolute Gasteiger partial charge is 0.307 e. The number of carboxylic acids is 1. The highest BCUT2D eigenvalue weighted by Crippen LogP contribution is 2.75. The van der Waals surface area contributed by atoms with Crippen molar-refractivity contribution in [3.8, 4) is 0 Å². The van der Waals surface area contributed by atoms with Crippen molar-refractivity contribution in [3.63, 3.8) is 0 Å². The Morgan fingerprint density at radius 3 is 2.43 bits per heavy atom. The van der Waals surface area contributed by atoms with E-state index < -0.39 is 28.3 Å². The Kier molecular flexibility index (Phi) is 9.26. The summed E-state index contributed by atoms with van der Waals surface area (Å²) in [5.74, 6) is 1.96. The van der Waals surface area contributed by atoms with Gasteiger partial charge in [-0.05, 0) is 111 Å². The Labute approximate surface area is 318 Å². The lowest BCUT2D eigenvalue weighted by Gasteiger charge is -2.71. The van der Waals surface area contributed by atoms with Crippen molar-refractivity contribution in [3.05, 3.63) is 23.8 Å². The molecule has 12 atom stereocenters. The predicted molar refractivity (Wildman–Crippen MR) is 208 cm³/mol. The Morgan fingerprint density at radius 1 is 1.09 bits per heavy atom. The highest BCUT2D eigenvalue weighted by Gasteiger charge is 2.73. The summed E-state index contributed by atoms with van der Waals surface area (Å²) in [5.41, 5.74) is 6.33. The van der Waals surface area contributed by atoms with E-state index in [0.29, 0.717) is 44.1 Å². The molecule has 0 radical (unpaired) electrons. The van der Waals surface area contributed by atoms with E-state index in [1.54, 1.807) is 6.33 Å². The number of carbonyl (C=O) groups is 1. The van der Waals surface area contributed by atoms with Crippen LogP contribution >= 0.6 is 0 Å². The van der Waals surface area contributed by atoms with Crippen LogP contribution in [0.2, 0.25) is 0 Å². The minimum Gasteiger partial charge on any atom is -0.481 e. The van der Waals surface area contributed by atoms with Crippen LogP contribution in [-0.2, 0) is 14.3 Å². The number of aliphatic carboxylic acids is 1. The van der Waals surface area contributed by atoms with E-state index in [4.69, 9.17) is 30.3 Å². The molecule has 0 aromatic carbocycles. The Hall–Kier alpha value is -2.30. The van der Waals surface area contributed by atoms with Gasteiger partial charge in [-0.15, -0.1) is 0 Å². The molecule has 6 aliphatic rings. The third-order valence-electron chi connectivity index (χ3n) is 17.1. The van der Waals surface area contributed by atoms with Crippen molar-refractivity contribution in [2.24, 2.45) is 73.3 Å². The Balaban J connectivity index is 1.39. The van der Waals surface area contributed by atoms with Gasteiger partial charge in [-0.2, -0.15) is 5.10 Å². The predicted octanol–water partition coefficient (Wildman–Crippen LogP) is 7.29. The summed E-state index contributed by atoms with van der Waals surface area (Å²) < 4.78 is 16.3. The molecule has 10 nitrogen and oxygen atoms in total. The quantitative estimate of drug-likeness (QED) is 0.225. The molecule has 2 aliphatic heterocycles. The van der Waals surface area contributed by atoms with Crippen LogP contribution in [0.4, 0.5) is 0 Å². The van der Waals surface area contributed by atoms with Crippen LogP contribution in [0.25, 0.3) is 0 Å². The first-order valence-corrected chi connectivity index (χ1v) is 20.7. The van der Waals surface area contributed by atoms with Gasteiger partial charge in [-0.3, -0.25) is 9.79 Å².